The quantitative estimate of drug-likeness (QED) is 0.852. The van der Waals surface area contributed by atoms with Crippen LogP contribution in [0.2, 0.25) is 4.34 Å². The van der Waals surface area contributed by atoms with Crippen molar-refractivity contribution in [2.75, 3.05) is 0 Å². The van der Waals surface area contributed by atoms with Crippen LogP contribution in [0.25, 0.3) is 0 Å². The smallest absolute Gasteiger partial charge is 0.250 e. The summed E-state index contributed by atoms with van der Waals surface area (Å²) in [6, 6.07) is 2.65. The van der Waals surface area contributed by atoms with Crippen molar-refractivity contribution in [2.24, 2.45) is 13.0 Å². The lowest BCUT2D eigenvalue weighted by molar-refractivity contribution is 0.0280. The fourth-order valence-corrected chi connectivity index (χ4v) is 5.40. The fourth-order valence-electron chi connectivity index (χ4n) is 2.61. The predicted octanol–water partition coefficient (Wildman–Crippen LogP) is 1.93. The van der Waals surface area contributed by atoms with Gasteiger partial charge in [-0.3, -0.25) is 4.68 Å². The van der Waals surface area contributed by atoms with Crippen molar-refractivity contribution < 1.29 is 13.5 Å². The molecule has 0 aromatic carbocycles. The molecule has 2 aromatic heterocycles. The molecule has 0 amide bonds. The summed E-state index contributed by atoms with van der Waals surface area (Å²) >= 11 is 6.84. The molecular weight excluding hydrogens is 346 g/mol. The monoisotopic (exact) mass is 361 g/mol. The Balaban J connectivity index is 1.87. The Labute approximate surface area is 137 Å². The first-order chi connectivity index (χ1) is 10.3. The molecule has 2 heterocycles. The Bertz CT molecular complexity index is 765. The average molecular weight is 362 g/mol. The number of aliphatic hydroxyl groups is 1. The van der Waals surface area contributed by atoms with Gasteiger partial charge < -0.3 is 5.11 Å². The molecule has 0 spiro atoms. The molecule has 1 saturated carbocycles. The first-order valence-electron chi connectivity index (χ1n) is 6.79. The van der Waals surface area contributed by atoms with E-state index in [9.17, 15) is 13.5 Å². The topological polar surface area (TPSA) is 84.2 Å². The van der Waals surface area contributed by atoms with Crippen LogP contribution in [-0.2, 0) is 17.1 Å². The maximum Gasteiger partial charge on any atom is 0.250 e. The minimum atomic E-state index is -3.65. The lowest BCUT2D eigenvalue weighted by Crippen LogP contribution is -2.41. The second-order valence-electron chi connectivity index (χ2n) is 5.49. The second-order valence-corrected chi connectivity index (χ2v) is 9.15. The zero-order chi connectivity index (χ0) is 15.9. The average Bonchev–Trinajstić information content (AvgIpc) is 3.02. The van der Waals surface area contributed by atoms with Crippen LogP contribution in [0, 0.1) is 5.92 Å². The van der Waals surface area contributed by atoms with Gasteiger partial charge in [0.25, 0.3) is 10.0 Å². The summed E-state index contributed by atoms with van der Waals surface area (Å²) in [5, 5.41) is 13.6. The molecule has 1 aliphatic rings. The number of thiophene rings is 1. The molecule has 6 nitrogen and oxygen atoms in total. The van der Waals surface area contributed by atoms with Crippen molar-refractivity contribution in [2.45, 2.75) is 29.2 Å². The number of nitrogens with one attached hydrogen (secondary N) is 1. The van der Waals surface area contributed by atoms with Gasteiger partial charge in [-0.2, -0.15) is 5.10 Å². The van der Waals surface area contributed by atoms with Gasteiger partial charge in [-0.1, -0.05) is 11.6 Å². The Morgan fingerprint density at radius 3 is 2.73 bits per heavy atom. The van der Waals surface area contributed by atoms with Crippen LogP contribution in [0.1, 0.15) is 24.4 Å². The van der Waals surface area contributed by atoms with Crippen LogP contribution in [0.3, 0.4) is 0 Å². The zero-order valence-electron chi connectivity index (χ0n) is 11.8. The van der Waals surface area contributed by atoms with Crippen molar-refractivity contribution in [3.63, 3.8) is 0 Å². The largest absolute Gasteiger partial charge is 0.393 e. The second kappa shape index (κ2) is 5.93. The summed E-state index contributed by atoms with van der Waals surface area (Å²) in [6.07, 6.45) is 4.24. The Morgan fingerprint density at radius 1 is 1.50 bits per heavy atom. The Morgan fingerprint density at radius 2 is 2.23 bits per heavy atom. The number of hydrogen-bond acceptors (Lipinski definition) is 5. The molecule has 0 unspecified atom stereocenters. The SMILES string of the molecule is Cn1cc([C@H](NS(=O)(=O)c2ccc(Cl)s2)C2CC(O)C2)cn1. The highest BCUT2D eigenvalue weighted by atomic mass is 35.5. The number of aliphatic hydroxyl groups excluding tert-OH is 1. The summed E-state index contributed by atoms with van der Waals surface area (Å²) in [4.78, 5) is 0. The first kappa shape index (κ1) is 15.9. The van der Waals surface area contributed by atoms with Gasteiger partial charge in [-0.15, -0.1) is 11.3 Å². The number of aromatic nitrogens is 2. The van der Waals surface area contributed by atoms with E-state index in [0.717, 1.165) is 16.9 Å². The predicted molar refractivity (Wildman–Crippen MR) is 84.3 cm³/mol. The molecule has 22 heavy (non-hydrogen) atoms. The number of hydrogen-bond donors (Lipinski definition) is 2. The summed E-state index contributed by atoms with van der Waals surface area (Å²) < 4.78 is 30.0. The highest BCUT2D eigenvalue weighted by molar-refractivity contribution is 7.91. The molecule has 0 radical (unpaired) electrons. The highest BCUT2D eigenvalue weighted by Crippen LogP contribution is 2.39. The number of nitrogens with zero attached hydrogens (tertiary/aromatic N) is 2. The van der Waals surface area contributed by atoms with Crippen molar-refractivity contribution in [3.8, 4) is 0 Å². The van der Waals surface area contributed by atoms with Crippen LogP contribution in [0.4, 0.5) is 0 Å². The Kier molecular flexibility index (Phi) is 4.30. The third-order valence-corrected chi connectivity index (χ3v) is 6.96. The van der Waals surface area contributed by atoms with E-state index in [1.165, 1.54) is 6.07 Å². The van der Waals surface area contributed by atoms with Gasteiger partial charge in [0.05, 0.1) is 22.7 Å². The summed E-state index contributed by atoms with van der Waals surface area (Å²) in [6.45, 7) is 0. The molecule has 120 valence electrons. The lowest BCUT2D eigenvalue weighted by atomic mass is 9.76. The van der Waals surface area contributed by atoms with Gasteiger partial charge in [0, 0.05) is 18.8 Å². The van der Waals surface area contributed by atoms with E-state index in [1.54, 1.807) is 30.2 Å². The van der Waals surface area contributed by atoms with Crippen LogP contribution < -0.4 is 4.72 Å². The van der Waals surface area contributed by atoms with Crippen molar-refractivity contribution >= 4 is 33.0 Å². The highest BCUT2D eigenvalue weighted by Gasteiger charge is 2.38. The first-order valence-corrected chi connectivity index (χ1v) is 9.47. The van der Waals surface area contributed by atoms with Crippen LogP contribution >= 0.6 is 22.9 Å². The molecule has 3 rings (SSSR count). The minimum absolute atomic E-state index is 0.0596. The molecule has 0 aliphatic heterocycles. The van der Waals surface area contributed by atoms with Crippen molar-refractivity contribution in [1.29, 1.82) is 0 Å². The molecule has 1 aliphatic carbocycles. The van der Waals surface area contributed by atoms with Crippen LogP contribution in [0.5, 0.6) is 0 Å². The van der Waals surface area contributed by atoms with E-state index >= 15 is 0 Å². The maximum atomic E-state index is 12.5. The fraction of sp³-hybridized carbons (Fsp3) is 0.462. The summed E-state index contributed by atoms with van der Waals surface area (Å²) in [7, 11) is -1.87. The van der Waals surface area contributed by atoms with E-state index in [4.69, 9.17) is 11.6 Å². The van der Waals surface area contributed by atoms with Gasteiger partial charge in [0.1, 0.15) is 4.21 Å². The lowest BCUT2D eigenvalue weighted by Gasteiger charge is -2.37. The summed E-state index contributed by atoms with van der Waals surface area (Å²) in [5.74, 6) is 0.0596. The van der Waals surface area contributed by atoms with Crippen molar-refractivity contribution in [1.82, 2.24) is 14.5 Å². The minimum Gasteiger partial charge on any atom is -0.393 e. The molecular formula is C13H16ClN3O3S2. The standard InChI is InChI=1S/C13H16ClN3O3S2/c1-17-7-9(6-15-17)13(8-4-10(18)5-8)16-22(19,20)12-3-2-11(14)21-12/h2-3,6-8,10,13,16,18H,4-5H2,1H3/t8?,10?,13-/m1/s1. The number of rotatable bonds is 5. The van der Waals surface area contributed by atoms with Gasteiger partial charge in [-0.05, 0) is 30.9 Å². The van der Waals surface area contributed by atoms with Crippen LogP contribution in [-0.4, -0.2) is 29.4 Å². The third-order valence-electron chi connectivity index (χ3n) is 3.80. The molecule has 0 saturated heterocycles. The normalized spacial score (nSPS) is 23.2. The van der Waals surface area contributed by atoms with Gasteiger partial charge >= 0.3 is 0 Å². The summed E-state index contributed by atoms with van der Waals surface area (Å²) in [5.41, 5.74) is 0.797. The maximum absolute atomic E-state index is 12.5. The van der Waals surface area contributed by atoms with E-state index in [2.05, 4.69) is 9.82 Å². The van der Waals surface area contributed by atoms with Gasteiger partial charge in [0.15, 0.2) is 0 Å². The molecule has 2 N–H and O–H groups in total. The molecule has 1 fully saturated rings. The number of sulfonamides is 1. The Hall–Kier alpha value is -0.930. The van der Waals surface area contributed by atoms with Gasteiger partial charge in [-0.25, -0.2) is 13.1 Å². The van der Waals surface area contributed by atoms with Crippen molar-refractivity contribution in [3.05, 3.63) is 34.4 Å². The zero-order valence-corrected chi connectivity index (χ0v) is 14.2. The molecule has 9 heteroatoms. The number of halogens is 1. The number of aryl methyl sites for hydroxylation is 1. The molecule has 1 atom stereocenters. The van der Waals surface area contributed by atoms with E-state index in [0.29, 0.717) is 17.2 Å². The molecule has 2 aromatic rings. The van der Waals surface area contributed by atoms with Gasteiger partial charge in [0.2, 0.25) is 0 Å². The molecule has 0 bridgehead atoms. The third kappa shape index (κ3) is 3.21. The van der Waals surface area contributed by atoms with E-state index in [1.807, 2.05) is 0 Å². The van der Waals surface area contributed by atoms with E-state index < -0.39 is 16.1 Å². The van der Waals surface area contributed by atoms with E-state index in [-0.39, 0.29) is 16.2 Å². The van der Waals surface area contributed by atoms with Crippen LogP contribution in [0.15, 0.2) is 28.7 Å².